The molecule has 6 nitrogen and oxygen atoms in total. The molecule has 1 aromatic carbocycles. The van der Waals surface area contributed by atoms with E-state index in [9.17, 15) is 13.2 Å². The molecule has 0 aliphatic rings. The molecule has 0 aromatic heterocycles. The Morgan fingerprint density at radius 3 is 2.39 bits per heavy atom. The van der Waals surface area contributed by atoms with Gasteiger partial charge in [-0.3, -0.25) is 4.79 Å². The van der Waals surface area contributed by atoms with Gasteiger partial charge in [0.15, 0.2) is 0 Å². The van der Waals surface area contributed by atoms with E-state index in [2.05, 4.69) is 4.72 Å². The van der Waals surface area contributed by atoms with Gasteiger partial charge in [-0.1, -0.05) is 13.3 Å². The highest BCUT2D eigenvalue weighted by atomic mass is 32.2. The maximum Gasteiger partial charge on any atom is 0.241 e. The Bertz CT molecular complexity index is 597. The molecular formula is C16H26N2O4S. The summed E-state index contributed by atoms with van der Waals surface area (Å²) in [6.45, 7) is 6.21. The van der Waals surface area contributed by atoms with Crippen LogP contribution in [0.2, 0.25) is 0 Å². The quantitative estimate of drug-likeness (QED) is 0.745. The fourth-order valence-electron chi connectivity index (χ4n) is 1.86. The van der Waals surface area contributed by atoms with E-state index >= 15 is 0 Å². The van der Waals surface area contributed by atoms with E-state index in [4.69, 9.17) is 4.74 Å². The number of likely N-dealkylation sites (N-methyl/N-ethyl adjacent to an activating group) is 1. The standard InChI is InChI=1S/C16H26N2O4S/c1-5-6-11-18(4)16(19)12-17-23(20,21)15-9-7-14(8-10-15)22-13(2)3/h7-10,13,17H,5-6,11-12H2,1-4H3. The lowest BCUT2D eigenvalue weighted by atomic mass is 10.3. The Hall–Kier alpha value is -1.60. The predicted molar refractivity (Wildman–Crippen MR) is 89.9 cm³/mol. The number of sulfonamides is 1. The summed E-state index contributed by atoms with van der Waals surface area (Å²) in [5.41, 5.74) is 0. The normalized spacial score (nSPS) is 11.5. The van der Waals surface area contributed by atoms with Crippen molar-refractivity contribution < 1.29 is 17.9 Å². The molecule has 1 aromatic rings. The number of rotatable bonds is 9. The van der Waals surface area contributed by atoms with Crippen molar-refractivity contribution in [1.29, 1.82) is 0 Å². The molecule has 1 rings (SSSR count). The number of nitrogens with zero attached hydrogens (tertiary/aromatic N) is 1. The lowest BCUT2D eigenvalue weighted by Crippen LogP contribution is -2.38. The molecule has 0 saturated carbocycles. The van der Waals surface area contributed by atoms with Crippen molar-refractivity contribution in [3.8, 4) is 5.75 Å². The molecule has 130 valence electrons. The lowest BCUT2D eigenvalue weighted by molar-refractivity contribution is -0.128. The molecule has 7 heteroatoms. The van der Waals surface area contributed by atoms with Gasteiger partial charge in [-0.15, -0.1) is 0 Å². The molecule has 0 bridgehead atoms. The molecular weight excluding hydrogens is 316 g/mol. The zero-order chi connectivity index (χ0) is 17.5. The van der Waals surface area contributed by atoms with Crippen LogP contribution in [-0.4, -0.2) is 45.5 Å². The molecule has 0 atom stereocenters. The Morgan fingerprint density at radius 1 is 1.26 bits per heavy atom. The smallest absolute Gasteiger partial charge is 0.241 e. The van der Waals surface area contributed by atoms with Crippen LogP contribution in [0.1, 0.15) is 33.6 Å². The van der Waals surface area contributed by atoms with Gasteiger partial charge in [-0.05, 0) is 44.5 Å². The van der Waals surface area contributed by atoms with Crippen molar-refractivity contribution in [2.24, 2.45) is 0 Å². The Kier molecular flexibility index (Phi) is 7.51. The van der Waals surface area contributed by atoms with Gasteiger partial charge in [0, 0.05) is 13.6 Å². The van der Waals surface area contributed by atoms with Crippen LogP contribution in [0.15, 0.2) is 29.2 Å². The fourth-order valence-corrected chi connectivity index (χ4v) is 2.84. The van der Waals surface area contributed by atoms with Crippen LogP contribution in [0.25, 0.3) is 0 Å². The minimum absolute atomic E-state index is 0.0202. The number of hydrogen-bond donors (Lipinski definition) is 1. The number of amides is 1. The molecule has 0 unspecified atom stereocenters. The second-order valence-electron chi connectivity index (χ2n) is 5.63. The number of ether oxygens (including phenoxy) is 1. The molecule has 0 fully saturated rings. The van der Waals surface area contributed by atoms with Gasteiger partial charge >= 0.3 is 0 Å². The minimum atomic E-state index is -3.71. The third-order valence-electron chi connectivity index (χ3n) is 3.19. The maximum absolute atomic E-state index is 12.2. The number of carbonyl (C=O) groups is 1. The molecule has 0 heterocycles. The first-order valence-corrected chi connectivity index (χ1v) is 9.25. The van der Waals surface area contributed by atoms with Gasteiger partial charge in [-0.25, -0.2) is 13.1 Å². The van der Waals surface area contributed by atoms with Crippen LogP contribution in [0.5, 0.6) is 5.75 Å². The number of benzene rings is 1. The molecule has 1 N–H and O–H groups in total. The molecule has 0 saturated heterocycles. The van der Waals surface area contributed by atoms with Crippen LogP contribution in [0.4, 0.5) is 0 Å². The average molecular weight is 342 g/mol. The first kappa shape index (κ1) is 19.4. The highest BCUT2D eigenvalue weighted by Crippen LogP contribution is 2.16. The van der Waals surface area contributed by atoms with Gasteiger partial charge in [-0.2, -0.15) is 0 Å². The summed E-state index contributed by atoms with van der Waals surface area (Å²) < 4.78 is 32.2. The monoisotopic (exact) mass is 342 g/mol. The van der Waals surface area contributed by atoms with Crippen LogP contribution in [0, 0.1) is 0 Å². The highest BCUT2D eigenvalue weighted by molar-refractivity contribution is 7.89. The van der Waals surface area contributed by atoms with E-state index in [1.165, 1.54) is 17.0 Å². The SMILES string of the molecule is CCCCN(C)C(=O)CNS(=O)(=O)c1ccc(OC(C)C)cc1. The second kappa shape index (κ2) is 8.88. The van der Waals surface area contributed by atoms with Crippen molar-refractivity contribution in [2.45, 2.75) is 44.6 Å². The Balaban J connectivity index is 2.63. The number of unbranched alkanes of at least 4 members (excludes halogenated alkanes) is 1. The summed E-state index contributed by atoms with van der Waals surface area (Å²) in [5, 5.41) is 0. The lowest BCUT2D eigenvalue weighted by Gasteiger charge is -2.17. The van der Waals surface area contributed by atoms with Crippen LogP contribution in [-0.2, 0) is 14.8 Å². The first-order valence-electron chi connectivity index (χ1n) is 7.76. The minimum Gasteiger partial charge on any atom is -0.491 e. The average Bonchev–Trinajstić information content (AvgIpc) is 2.50. The fraction of sp³-hybridized carbons (Fsp3) is 0.562. The molecule has 0 radical (unpaired) electrons. The summed E-state index contributed by atoms with van der Waals surface area (Å²) in [6, 6.07) is 6.13. The van der Waals surface area contributed by atoms with E-state index in [1.54, 1.807) is 19.2 Å². The molecule has 0 aliphatic heterocycles. The van der Waals surface area contributed by atoms with E-state index in [-0.39, 0.29) is 23.5 Å². The third kappa shape index (κ3) is 6.58. The predicted octanol–water partition coefficient (Wildman–Crippen LogP) is 2.01. The van der Waals surface area contributed by atoms with Gasteiger partial charge < -0.3 is 9.64 Å². The zero-order valence-electron chi connectivity index (χ0n) is 14.2. The van der Waals surface area contributed by atoms with Gasteiger partial charge in [0.05, 0.1) is 17.5 Å². The summed E-state index contributed by atoms with van der Waals surface area (Å²) in [6.07, 6.45) is 1.90. The van der Waals surface area contributed by atoms with Crippen LogP contribution >= 0.6 is 0 Å². The van der Waals surface area contributed by atoms with E-state index in [0.717, 1.165) is 12.8 Å². The number of hydrogen-bond acceptors (Lipinski definition) is 4. The van der Waals surface area contributed by atoms with Crippen molar-refractivity contribution in [1.82, 2.24) is 9.62 Å². The number of carbonyl (C=O) groups excluding carboxylic acids is 1. The van der Waals surface area contributed by atoms with Gasteiger partial charge in [0.25, 0.3) is 0 Å². The molecule has 1 amide bonds. The Labute approximate surface area is 138 Å². The largest absolute Gasteiger partial charge is 0.491 e. The van der Waals surface area contributed by atoms with Crippen LogP contribution < -0.4 is 9.46 Å². The third-order valence-corrected chi connectivity index (χ3v) is 4.61. The van der Waals surface area contributed by atoms with E-state index in [1.807, 2.05) is 20.8 Å². The summed E-state index contributed by atoms with van der Waals surface area (Å²) in [5.74, 6) is 0.358. The first-order chi connectivity index (χ1) is 10.8. The molecule has 0 spiro atoms. The molecule has 0 aliphatic carbocycles. The highest BCUT2D eigenvalue weighted by Gasteiger charge is 2.17. The van der Waals surface area contributed by atoms with E-state index < -0.39 is 10.0 Å². The van der Waals surface area contributed by atoms with Crippen molar-refractivity contribution in [3.05, 3.63) is 24.3 Å². The van der Waals surface area contributed by atoms with E-state index in [0.29, 0.717) is 12.3 Å². The summed E-state index contributed by atoms with van der Waals surface area (Å²) in [4.78, 5) is 13.5. The van der Waals surface area contributed by atoms with Crippen molar-refractivity contribution in [3.63, 3.8) is 0 Å². The summed E-state index contributed by atoms with van der Waals surface area (Å²) in [7, 11) is -2.04. The zero-order valence-corrected chi connectivity index (χ0v) is 15.0. The van der Waals surface area contributed by atoms with Crippen molar-refractivity contribution >= 4 is 15.9 Å². The maximum atomic E-state index is 12.2. The topological polar surface area (TPSA) is 75.7 Å². The summed E-state index contributed by atoms with van der Waals surface area (Å²) >= 11 is 0. The second-order valence-corrected chi connectivity index (χ2v) is 7.40. The van der Waals surface area contributed by atoms with Crippen LogP contribution in [0.3, 0.4) is 0 Å². The number of nitrogens with one attached hydrogen (secondary N) is 1. The Morgan fingerprint density at radius 2 is 1.87 bits per heavy atom. The van der Waals surface area contributed by atoms with Gasteiger partial charge in [0.1, 0.15) is 5.75 Å². The van der Waals surface area contributed by atoms with Crippen molar-refractivity contribution in [2.75, 3.05) is 20.1 Å². The van der Waals surface area contributed by atoms with Gasteiger partial charge in [0.2, 0.25) is 15.9 Å². The molecule has 23 heavy (non-hydrogen) atoms.